The number of amides is 2. The fraction of sp³-hybridized carbons (Fsp3) is 0.391. The molecule has 0 aromatic heterocycles. The van der Waals surface area contributed by atoms with Crippen molar-refractivity contribution in [1.29, 1.82) is 0 Å². The topological polar surface area (TPSA) is 52.7 Å². The number of nitrogens with zero attached hydrogens (tertiary/aromatic N) is 2. The largest absolute Gasteiger partial charge is 0.416 e. The Kier molecular flexibility index (Phi) is 7.06. The number of piperidine rings is 1. The number of nitrogens with one attached hydrogen (secondary N) is 1. The van der Waals surface area contributed by atoms with Crippen LogP contribution >= 0.6 is 0 Å². The molecule has 1 N–H and O–H groups in total. The zero-order chi connectivity index (χ0) is 23.5. The third-order valence-electron chi connectivity index (χ3n) is 5.48. The molecule has 1 aliphatic rings. The van der Waals surface area contributed by atoms with Gasteiger partial charge in [-0.3, -0.25) is 9.59 Å². The van der Waals surface area contributed by atoms with Gasteiger partial charge in [-0.15, -0.1) is 0 Å². The quantitative estimate of drug-likeness (QED) is 0.689. The fourth-order valence-corrected chi connectivity index (χ4v) is 3.74. The van der Waals surface area contributed by atoms with Crippen LogP contribution in [0.15, 0.2) is 42.5 Å². The van der Waals surface area contributed by atoms with E-state index in [1.807, 2.05) is 0 Å². The highest BCUT2D eigenvalue weighted by Crippen LogP contribution is 2.35. The van der Waals surface area contributed by atoms with Crippen molar-refractivity contribution in [3.05, 3.63) is 59.4 Å². The Bertz CT molecular complexity index is 974. The van der Waals surface area contributed by atoms with E-state index in [4.69, 9.17) is 0 Å². The molecule has 0 aliphatic carbocycles. The molecule has 0 spiro atoms. The molecule has 1 heterocycles. The second-order valence-electron chi connectivity index (χ2n) is 8.10. The normalized spacial score (nSPS) is 16.6. The van der Waals surface area contributed by atoms with Crippen molar-refractivity contribution in [3.8, 4) is 0 Å². The molecule has 0 bridgehead atoms. The van der Waals surface area contributed by atoms with Gasteiger partial charge in [-0.05, 0) is 48.7 Å². The minimum Gasteiger partial charge on any atom is -0.376 e. The Labute approximate surface area is 184 Å². The van der Waals surface area contributed by atoms with E-state index in [1.54, 1.807) is 23.9 Å². The van der Waals surface area contributed by atoms with Gasteiger partial charge < -0.3 is 15.1 Å². The van der Waals surface area contributed by atoms with Crippen LogP contribution in [0.2, 0.25) is 0 Å². The van der Waals surface area contributed by atoms with E-state index in [0.29, 0.717) is 30.6 Å². The van der Waals surface area contributed by atoms with Gasteiger partial charge in [-0.1, -0.05) is 12.1 Å². The lowest BCUT2D eigenvalue weighted by molar-refractivity contribution is -0.138. The monoisotopic (exact) mass is 451 g/mol. The van der Waals surface area contributed by atoms with Gasteiger partial charge in [0.05, 0.1) is 29.3 Å². The van der Waals surface area contributed by atoms with E-state index in [1.165, 1.54) is 30.3 Å². The van der Waals surface area contributed by atoms with Crippen molar-refractivity contribution in [3.63, 3.8) is 0 Å². The van der Waals surface area contributed by atoms with E-state index in [0.717, 1.165) is 12.1 Å². The lowest BCUT2D eigenvalue weighted by Gasteiger charge is -2.32. The molecule has 172 valence electrons. The van der Waals surface area contributed by atoms with Gasteiger partial charge >= 0.3 is 6.18 Å². The first-order valence-electron chi connectivity index (χ1n) is 10.3. The van der Waals surface area contributed by atoms with E-state index < -0.39 is 23.6 Å². The average molecular weight is 451 g/mol. The number of hydrogen-bond acceptors (Lipinski definition) is 3. The number of alkyl halides is 3. The molecule has 5 nitrogen and oxygen atoms in total. The van der Waals surface area contributed by atoms with Gasteiger partial charge in [0.15, 0.2) is 0 Å². The first-order chi connectivity index (χ1) is 15.0. The Morgan fingerprint density at radius 1 is 1.12 bits per heavy atom. The predicted octanol–water partition coefficient (Wildman–Crippen LogP) is 4.33. The smallest absolute Gasteiger partial charge is 0.376 e. The number of likely N-dealkylation sites (tertiary alicyclic amines) is 1. The molecule has 2 aromatic rings. The summed E-state index contributed by atoms with van der Waals surface area (Å²) in [7, 11) is 3.35. The predicted molar refractivity (Wildman–Crippen MR) is 114 cm³/mol. The maximum Gasteiger partial charge on any atom is 0.416 e. The molecule has 32 heavy (non-hydrogen) atoms. The van der Waals surface area contributed by atoms with Crippen molar-refractivity contribution >= 4 is 23.2 Å². The lowest BCUT2D eigenvalue weighted by atomic mass is 9.96. The number of hydrogen-bond donors (Lipinski definition) is 1. The first kappa shape index (κ1) is 23.6. The molecule has 0 radical (unpaired) electrons. The van der Waals surface area contributed by atoms with E-state index >= 15 is 0 Å². The Morgan fingerprint density at radius 2 is 1.81 bits per heavy atom. The van der Waals surface area contributed by atoms with E-state index in [9.17, 15) is 27.2 Å². The molecule has 1 atom stereocenters. The number of rotatable bonds is 5. The molecule has 1 saturated heterocycles. The summed E-state index contributed by atoms with van der Waals surface area (Å²) in [5.74, 6) is -1.53. The molecule has 1 aliphatic heterocycles. The van der Waals surface area contributed by atoms with Crippen LogP contribution in [0.25, 0.3) is 0 Å². The zero-order valence-electron chi connectivity index (χ0n) is 17.9. The number of carbonyl (C=O) groups excluding carboxylic acids is 2. The molecule has 0 saturated carbocycles. The van der Waals surface area contributed by atoms with Gasteiger partial charge in [-0.25, -0.2) is 4.39 Å². The van der Waals surface area contributed by atoms with Crippen LogP contribution in [0.1, 0.15) is 24.0 Å². The number of anilines is 2. The fourth-order valence-electron chi connectivity index (χ4n) is 3.74. The summed E-state index contributed by atoms with van der Waals surface area (Å²) < 4.78 is 52.5. The van der Waals surface area contributed by atoms with Crippen LogP contribution in [0, 0.1) is 11.7 Å². The van der Waals surface area contributed by atoms with Crippen LogP contribution in [-0.2, 0) is 22.2 Å². The summed E-state index contributed by atoms with van der Waals surface area (Å²) in [6, 6.07) is 8.86. The molecule has 2 amide bonds. The number of halogens is 4. The molecule has 2 aromatic carbocycles. The van der Waals surface area contributed by atoms with Gasteiger partial charge in [-0.2, -0.15) is 13.2 Å². The molecule has 1 fully saturated rings. The maximum absolute atomic E-state index is 13.1. The molecule has 1 unspecified atom stereocenters. The number of carbonyl (C=O) groups is 2. The van der Waals surface area contributed by atoms with Crippen LogP contribution in [-0.4, -0.2) is 43.9 Å². The van der Waals surface area contributed by atoms with Crippen molar-refractivity contribution in [1.82, 2.24) is 4.90 Å². The highest BCUT2D eigenvalue weighted by Gasteiger charge is 2.32. The van der Waals surface area contributed by atoms with Crippen molar-refractivity contribution < 1.29 is 27.2 Å². The molecular formula is C23H25F4N3O2. The SMILES string of the molecule is CN(C)c1ccc(C(F)(F)F)cc1NC(=O)C1CCCN(C(=O)Cc2ccc(F)cc2)C1. The summed E-state index contributed by atoms with van der Waals surface area (Å²) in [6.45, 7) is 0.679. The minimum atomic E-state index is -4.53. The average Bonchev–Trinajstić information content (AvgIpc) is 2.74. The zero-order valence-corrected chi connectivity index (χ0v) is 17.9. The van der Waals surface area contributed by atoms with Crippen molar-refractivity contribution in [2.24, 2.45) is 5.92 Å². The third kappa shape index (κ3) is 5.77. The van der Waals surface area contributed by atoms with Crippen molar-refractivity contribution in [2.75, 3.05) is 37.4 Å². The van der Waals surface area contributed by atoms with E-state index in [-0.39, 0.29) is 30.4 Å². The molecule has 3 rings (SSSR count). The summed E-state index contributed by atoms with van der Waals surface area (Å²) in [5.41, 5.74) is 0.344. The number of benzene rings is 2. The van der Waals surface area contributed by atoms with Crippen LogP contribution in [0.5, 0.6) is 0 Å². The van der Waals surface area contributed by atoms with E-state index in [2.05, 4.69) is 5.32 Å². The molecule has 9 heteroatoms. The standard InChI is InChI=1S/C23H25F4N3O2/c1-29(2)20-10-7-17(23(25,26)27)13-19(20)28-22(32)16-4-3-11-30(14-16)21(31)12-15-5-8-18(24)9-6-15/h5-10,13,16H,3-4,11-12,14H2,1-2H3,(H,28,32). The second-order valence-corrected chi connectivity index (χ2v) is 8.10. The van der Waals surface area contributed by atoms with Gasteiger partial charge in [0.2, 0.25) is 11.8 Å². The maximum atomic E-state index is 13.1. The second kappa shape index (κ2) is 9.58. The minimum absolute atomic E-state index is 0.0737. The summed E-state index contributed by atoms with van der Waals surface area (Å²) in [6.07, 6.45) is -3.30. The summed E-state index contributed by atoms with van der Waals surface area (Å²) >= 11 is 0. The highest BCUT2D eigenvalue weighted by atomic mass is 19.4. The van der Waals surface area contributed by atoms with Crippen LogP contribution in [0.4, 0.5) is 28.9 Å². The first-order valence-corrected chi connectivity index (χ1v) is 10.3. The lowest BCUT2D eigenvalue weighted by Crippen LogP contribution is -2.44. The van der Waals surface area contributed by atoms with Gasteiger partial charge in [0.1, 0.15) is 5.82 Å². The Morgan fingerprint density at radius 3 is 2.44 bits per heavy atom. The van der Waals surface area contributed by atoms with Crippen molar-refractivity contribution in [2.45, 2.75) is 25.4 Å². The van der Waals surface area contributed by atoms with Gasteiger partial charge in [0, 0.05) is 27.2 Å². The summed E-state index contributed by atoms with van der Waals surface area (Å²) in [4.78, 5) is 28.7. The molecular weight excluding hydrogens is 426 g/mol. The Hall–Kier alpha value is -3.10. The summed E-state index contributed by atoms with van der Waals surface area (Å²) in [5, 5.41) is 2.63. The third-order valence-corrected chi connectivity index (χ3v) is 5.48. The van der Waals surface area contributed by atoms with Crippen LogP contribution in [0.3, 0.4) is 0 Å². The van der Waals surface area contributed by atoms with Crippen LogP contribution < -0.4 is 10.2 Å². The Balaban J connectivity index is 1.70. The highest BCUT2D eigenvalue weighted by molar-refractivity contribution is 5.96. The van der Waals surface area contributed by atoms with Gasteiger partial charge in [0.25, 0.3) is 0 Å².